The highest BCUT2D eigenvalue weighted by molar-refractivity contribution is 6.07. The fraction of sp³-hybridized carbons (Fsp3) is 0.375. The van der Waals surface area contributed by atoms with E-state index in [2.05, 4.69) is 11.4 Å². The number of hydrogen-bond donors (Lipinski definition) is 1. The van der Waals surface area contributed by atoms with Gasteiger partial charge >= 0.3 is 0 Å². The van der Waals surface area contributed by atoms with E-state index in [0.29, 0.717) is 44.1 Å². The van der Waals surface area contributed by atoms with E-state index in [1.165, 1.54) is 0 Å². The number of benzene rings is 2. The summed E-state index contributed by atoms with van der Waals surface area (Å²) in [7, 11) is 0. The first-order valence-electron chi connectivity index (χ1n) is 10.6. The van der Waals surface area contributed by atoms with Crippen LogP contribution < -0.4 is 10.2 Å². The lowest BCUT2D eigenvalue weighted by atomic mass is 10.1. The van der Waals surface area contributed by atoms with Gasteiger partial charge in [-0.3, -0.25) is 14.4 Å². The molecule has 2 aliphatic rings. The number of morpholine rings is 1. The topological polar surface area (TPSA) is 79.0 Å². The number of rotatable bonds is 4. The van der Waals surface area contributed by atoms with Gasteiger partial charge in [-0.05, 0) is 49.2 Å². The number of carbonyl (C=O) groups is 3. The molecule has 0 radical (unpaired) electrons. The minimum Gasteiger partial charge on any atom is -0.378 e. The van der Waals surface area contributed by atoms with Gasteiger partial charge in [0.05, 0.1) is 30.4 Å². The fourth-order valence-corrected chi connectivity index (χ4v) is 4.19. The fourth-order valence-electron chi connectivity index (χ4n) is 4.19. The summed E-state index contributed by atoms with van der Waals surface area (Å²) in [6.45, 7) is 6.39. The van der Waals surface area contributed by atoms with Crippen molar-refractivity contribution in [2.24, 2.45) is 5.92 Å². The van der Waals surface area contributed by atoms with Gasteiger partial charge < -0.3 is 19.9 Å². The summed E-state index contributed by atoms with van der Waals surface area (Å²) >= 11 is 0. The maximum atomic E-state index is 13.0. The van der Waals surface area contributed by atoms with Crippen molar-refractivity contribution in [1.29, 1.82) is 0 Å². The zero-order chi connectivity index (χ0) is 22.0. The highest BCUT2D eigenvalue weighted by Crippen LogP contribution is 2.28. The maximum absolute atomic E-state index is 13.0. The maximum Gasteiger partial charge on any atom is 0.256 e. The molecule has 1 unspecified atom stereocenters. The molecular formula is C24H27N3O4. The Balaban J connectivity index is 1.48. The Morgan fingerprint density at radius 2 is 1.71 bits per heavy atom. The number of amides is 3. The zero-order valence-electron chi connectivity index (χ0n) is 17.9. The molecule has 3 amide bonds. The molecule has 31 heavy (non-hydrogen) atoms. The monoisotopic (exact) mass is 421 g/mol. The van der Waals surface area contributed by atoms with Gasteiger partial charge in [0.15, 0.2) is 0 Å². The van der Waals surface area contributed by atoms with Gasteiger partial charge in [-0.25, -0.2) is 0 Å². The molecule has 0 aromatic heterocycles. The molecule has 162 valence electrons. The number of anilines is 2. The molecule has 2 aromatic rings. The van der Waals surface area contributed by atoms with Crippen LogP contribution in [0.4, 0.5) is 11.4 Å². The first-order valence-corrected chi connectivity index (χ1v) is 10.6. The average molecular weight is 421 g/mol. The van der Waals surface area contributed by atoms with Gasteiger partial charge in [0.2, 0.25) is 11.8 Å². The van der Waals surface area contributed by atoms with E-state index >= 15 is 0 Å². The number of aryl methyl sites for hydroxylation is 2. The first kappa shape index (κ1) is 21.1. The predicted molar refractivity (Wildman–Crippen MR) is 118 cm³/mol. The quantitative estimate of drug-likeness (QED) is 0.823. The Bertz CT molecular complexity index is 993. The number of nitrogens with zero attached hydrogens (tertiary/aromatic N) is 2. The van der Waals surface area contributed by atoms with E-state index in [-0.39, 0.29) is 24.1 Å². The molecule has 7 heteroatoms. The molecular weight excluding hydrogens is 394 g/mol. The Hall–Kier alpha value is -3.19. The lowest BCUT2D eigenvalue weighted by Crippen LogP contribution is -2.41. The molecule has 1 atom stereocenters. The van der Waals surface area contributed by atoms with Crippen LogP contribution >= 0.6 is 0 Å². The summed E-state index contributed by atoms with van der Waals surface area (Å²) in [4.78, 5) is 41.9. The molecule has 2 saturated heterocycles. The van der Waals surface area contributed by atoms with Crippen molar-refractivity contribution in [3.05, 3.63) is 59.2 Å². The van der Waals surface area contributed by atoms with Gasteiger partial charge in [-0.1, -0.05) is 18.2 Å². The number of para-hydroxylation sites is 1. The van der Waals surface area contributed by atoms with E-state index < -0.39 is 5.92 Å². The van der Waals surface area contributed by atoms with Crippen LogP contribution in [0.2, 0.25) is 0 Å². The van der Waals surface area contributed by atoms with Crippen molar-refractivity contribution in [2.75, 3.05) is 43.1 Å². The van der Waals surface area contributed by atoms with Crippen molar-refractivity contribution in [2.45, 2.75) is 20.3 Å². The van der Waals surface area contributed by atoms with Gasteiger partial charge in [0.1, 0.15) is 0 Å². The summed E-state index contributed by atoms with van der Waals surface area (Å²) in [5, 5.41) is 2.89. The number of nitrogens with one attached hydrogen (secondary N) is 1. The molecule has 2 aromatic carbocycles. The highest BCUT2D eigenvalue weighted by Gasteiger charge is 2.35. The van der Waals surface area contributed by atoms with Gasteiger partial charge in [0, 0.05) is 31.7 Å². The van der Waals surface area contributed by atoms with E-state index in [1.54, 1.807) is 34.1 Å². The van der Waals surface area contributed by atoms with Crippen molar-refractivity contribution in [1.82, 2.24) is 4.90 Å². The van der Waals surface area contributed by atoms with E-state index in [9.17, 15) is 14.4 Å². The second-order valence-electron chi connectivity index (χ2n) is 8.19. The second kappa shape index (κ2) is 8.89. The molecule has 2 heterocycles. The zero-order valence-corrected chi connectivity index (χ0v) is 17.9. The third-order valence-electron chi connectivity index (χ3n) is 5.73. The summed E-state index contributed by atoms with van der Waals surface area (Å²) in [6, 6.07) is 13.0. The molecule has 0 aliphatic carbocycles. The summed E-state index contributed by atoms with van der Waals surface area (Å²) in [5.74, 6) is -0.913. The van der Waals surface area contributed by atoms with Crippen LogP contribution in [0.3, 0.4) is 0 Å². The van der Waals surface area contributed by atoms with Crippen molar-refractivity contribution in [3.63, 3.8) is 0 Å². The second-order valence-corrected chi connectivity index (χ2v) is 8.19. The summed E-state index contributed by atoms with van der Waals surface area (Å²) in [6.07, 6.45) is 0.151. The molecule has 0 saturated carbocycles. The molecule has 1 N–H and O–H groups in total. The van der Waals surface area contributed by atoms with E-state index in [1.807, 2.05) is 26.0 Å². The lowest BCUT2D eigenvalue weighted by molar-refractivity contribution is -0.122. The molecule has 0 spiro atoms. The van der Waals surface area contributed by atoms with Crippen molar-refractivity contribution >= 4 is 29.1 Å². The third-order valence-corrected chi connectivity index (χ3v) is 5.73. The number of carbonyl (C=O) groups excluding carboxylic acids is 3. The Morgan fingerprint density at radius 1 is 1.03 bits per heavy atom. The van der Waals surface area contributed by atoms with Crippen LogP contribution in [0, 0.1) is 19.8 Å². The average Bonchev–Trinajstić information content (AvgIpc) is 3.15. The Morgan fingerprint density at radius 3 is 2.42 bits per heavy atom. The molecule has 7 nitrogen and oxygen atoms in total. The van der Waals surface area contributed by atoms with Gasteiger partial charge in [-0.15, -0.1) is 0 Å². The standard InChI is InChI=1S/C24H27N3O4/c1-16-11-17(2)13-19(12-16)27-15-18(14-22(27)28)23(29)25-21-6-4-3-5-20(21)24(30)26-7-9-31-10-8-26/h3-6,11-13,18H,7-10,14-15H2,1-2H3,(H,25,29). The van der Waals surface area contributed by atoms with Crippen LogP contribution in [0.25, 0.3) is 0 Å². The van der Waals surface area contributed by atoms with Crippen LogP contribution in [0.1, 0.15) is 27.9 Å². The van der Waals surface area contributed by atoms with Crippen molar-refractivity contribution in [3.8, 4) is 0 Å². The van der Waals surface area contributed by atoms with Gasteiger partial charge in [-0.2, -0.15) is 0 Å². The van der Waals surface area contributed by atoms with Crippen LogP contribution in [-0.4, -0.2) is 55.5 Å². The van der Waals surface area contributed by atoms with Gasteiger partial charge in [0.25, 0.3) is 5.91 Å². The SMILES string of the molecule is Cc1cc(C)cc(N2CC(C(=O)Nc3ccccc3C(=O)N3CCOCC3)CC2=O)c1. The summed E-state index contributed by atoms with van der Waals surface area (Å²) < 4.78 is 5.32. The smallest absolute Gasteiger partial charge is 0.256 e. The largest absolute Gasteiger partial charge is 0.378 e. The summed E-state index contributed by atoms with van der Waals surface area (Å²) in [5.41, 5.74) is 3.90. The van der Waals surface area contributed by atoms with Crippen LogP contribution in [-0.2, 0) is 14.3 Å². The highest BCUT2D eigenvalue weighted by atomic mass is 16.5. The lowest BCUT2D eigenvalue weighted by Gasteiger charge is -2.27. The number of hydrogen-bond acceptors (Lipinski definition) is 4. The predicted octanol–water partition coefficient (Wildman–Crippen LogP) is 2.77. The first-order chi connectivity index (χ1) is 14.9. The minimum atomic E-state index is -0.472. The van der Waals surface area contributed by atoms with E-state index in [4.69, 9.17) is 4.74 Å². The minimum absolute atomic E-state index is 0.0668. The van der Waals surface area contributed by atoms with E-state index in [0.717, 1.165) is 16.8 Å². The third kappa shape index (κ3) is 4.61. The molecule has 2 fully saturated rings. The van der Waals surface area contributed by atoms with Crippen molar-refractivity contribution < 1.29 is 19.1 Å². The molecule has 2 aliphatic heterocycles. The Labute approximate surface area is 182 Å². The molecule has 4 rings (SSSR count). The van der Waals surface area contributed by atoms with Crippen LogP contribution in [0.15, 0.2) is 42.5 Å². The number of ether oxygens (including phenoxy) is 1. The normalized spacial score (nSPS) is 18.9. The Kier molecular flexibility index (Phi) is 6.04. The molecule has 0 bridgehead atoms. The van der Waals surface area contributed by atoms with Crippen LogP contribution in [0.5, 0.6) is 0 Å².